The summed E-state index contributed by atoms with van der Waals surface area (Å²) in [4.78, 5) is 12.4. The number of hydrogen-bond acceptors (Lipinski definition) is 3. The fraction of sp³-hybridized carbons (Fsp3) is 0.235. The molecule has 0 fully saturated rings. The molecular formula is C17H20N2O2. The number of ether oxygens (including phenoxy) is 1. The first-order valence-electron chi connectivity index (χ1n) is 6.82. The summed E-state index contributed by atoms with van der Waals surface area (Å²) < 4.78 is 5.13. The first-order chi connectivity index (χ1) is 10.0. The van der Waals surface area contributed by atoms with E-state index in [4.69, 9.17) is 10.5 Å². The molecule has 1 atom stereocenters. The third-order valence-corrected chi connectivity index (χ3v) is 3.39. The van der Waals surface area contributed by atoms with Crippen LogP contribution in [0.2, 0.25) is 0 Å². The van der Waals surface area contributed by atoms with E-state index in [1.807, 2.05) is 32.0 Å². The lowest BCUT2D eigenvalue weighted by molar-refractivity contribution is 0.0940. The van der Waals surface area contributed by atoms with Gasteiger partial charge in [0.15, 0.2) is 0 Å². The summed E-state index contributed by atoms with van der Waals surface area (Å²) in [5.74, 6) is 0.401. The Hall–Kier alpha value is -2.49. The van der Waals surface area contributed by atoms with Crippen LogP contribution >= 0.6 is 0 Å². The van der Waals surface area contributed by atoms with E-state index < -0.39 is 0 Å². The molecule has 0 unspecified atom stereocenters. The van der Waals surface area contributed by atoms with Crippen molar-refractivity contribution >= 4 is 11.6 Å². The number of hydrogen-bond donors (Lipinski definition) is 2. The molecule has 0 spiro atoms. The van der Waals surface area contributed by atoms with E-state index in [1.165, 1.54) is 0 Å². The van der Waals surface area contributed by atoms with Gasteiger partial charge in [-0.1, -0.05) is 29.8 Å². The average molecular weight is 284 g/mol. The van der Waals surface area contributed by atoms with Gasteiger partial charge in [-0.25, -0.2) is 0 Å². The van der Waals surface area contributed by atoms with Crippen LogP contribution in [0.4, 0.5) is 5.69 Å². The number of nitrogens with two attached hydrogens (primary N) is 1. The molecule has 0 saturated carbocycles. The van der Waals surface area contributed by atoms with Crippen molar-refractivity contribution in [3.05, 3.63) is 59.2 Å². The average Bonchev–Trinajstić information content (AvgIpc) is 2.47. The van der Waals surface area contributed by atoms with Crippen LogP contribution in [-0.2, 0) is 0 Å². The molecule has 1 amide bonds. The van der Waals surface area contributed by atoms with E-state index in [0.29, 0.717) is 17.0 Å². The molecule has 2 rings (SSSR count). The second-order valence-corrected chi connectivity index (χ2v) is 5.06. The second-order valence-electron chi connectivity index (χ2n) is 5.06. The number of aryl methyl sites for hydroxylation is 1. The van der Waals surface area contributed by atoms with Crippen molar-refractivity contribution in [3.63, 3.8) is 0 Å². The Kier molecular flexibility index (Phi) is 4.48. The molecule has 0 bridgehead atoms. The fourth-order valence-electron chi connectivity index (χ4n) is 2.16. The number of amides is 1. The van der Waals surface area contributed by atoms with Crippen molar-refractivity contribution < 1.29 is 9.53 Å². The predicted molar refractivity (Wildman–Crippen MR) is 84.5 cm³/mol. The highest BCUT2D eigenvalue weighted by atomic mass is 16.5. The van der Waals surface area contributed by atoms with E-state index >= 15 is 0 Å². The van der Waals surface area contributed by atoms with Crippen molar-refractivity contribution in [2.75, 3.05) is 12.8 Å². The van der Waals surface area contributed by atoms with Gasteiger partial charge in [-0.2, -0.15) is 0 Å². The van der Waals surface area contributed by atoms with Crippen LogP contribution in [0.3, 0.4) is 0 Å². The van der Waals surface area contributed by atoms with Crippen molar-refractivity contribution in [1.82, 2.24) is 5.32 Å². The van der Waals surface area contributed by atoms with Crippen LogP contribution in [0.1, 0.15) is 34.5 Å². The minimum atomic E-state index is -0.208. The van der Waals surface area contributed by atoms with E-state index in [-0.39, 0.29) is 11.9 Å². The van der Waals surface area contributed by atoms with Gasteiger partial charge in [0.1, 0.15) is 5.75 Å². The predicted octanol–water partition coefficient (Wildman–Crippen LogP) is 3.08. The summed E-state index contributed by atoms with van der Waals surface area (Å²) in [6.07, 6.45) is 0. The standard InChI is InChI=1S/C17H20N2O2/c1-11-5-4-6-13(9-11)12(2)19-17(20)15-10-14(21-3)7-8-16(15)18/h4-10,12H,18H2,1-3H3,(H,19,20)/t12-/m1/s1. The van der Waals surface area contributed by atoms with Gasteiger partial charge in [-0.15, -0.1) is 0 Å². The van der Waals surface area contributed by atoms with E-state index in [9.17, 15) is 4.79 Å². The van der Waals surface area contributed by atoms with E-state index in [1.54, 1.807) is 25.3 Å². The Bertz CT molecular complexity index is 653. The third kappa shape index (κ3) is 3.54. The molecule has 3 N–H and O–H groups in total. The number of rotatable bonds is 4. The van der Waals surface area contributed by atoms with Gasteiger partial charge in [-0.3, -0.25) is 4.79 Å². The highest BCUT2D eigenvalue weighted by Gasteiger charge is 2.14. The van der Waals surface area contributed by atoms with Crippen LogP contribution in [0.5, 0.6) is 5.75 Å². The third-order valence-electron chi connectivity index (χ3n) is 3.39. The molecule has 0 aliphatic heterocycles. The molecule has 21 heavy (non-hydrogen) atoms. The Morgan fingerprint density at radius 3 is 2.67 bits per heavy atom. The van der Waals surface area contributed by atoms with Crippen molar-refractivity contribution in [2.24, 2.45) is 0 Å². The van der Waals surface area contributed by atoms with Gasteiger partial charge in [0.05, 0.1) is 18.7 Å². The Balaban J connectivity index is 2.18. The maximum atomic E-state index is 12.4. The number of carbonyl (C=O) groups is 1. The zero-order valence-electron chi connectivity index (χ0n) is 12.5. The zero-order chi connectivity index (χ0) is 15.4. The van der Waals surface area contributed by atoms with Gasteiger partial charge in [0.2, 0.25) is 0 Å². The van der Waals surface area contributed by atoms with Crippen molar-refractivity contribution in [2.45, 2.75) is 19.9 Å². The molecule has 2 aromatic carbocycles. The number of nitrogens with one attached hydrogen (secondary N) is 1. The minimum absolute atomic E-state index is 0.0944. The lowest BCUT2D eigenvalue weighted by Gasteiger charge is -2.16. The lowest BCUT2D eigenvalue weighted by Crippen LogP contribution is -2.27. The van der Waals surface area contributed by atoms with Gasteiger partial charge in [0, 0.05) is 5.69 Å². The van der Waals surface area contributed by atoms with Crippen molar-refractivity contribution in [3.8, 4) is 5.75 Å². The second kappa shape index (κ2) is 6.31. The van der Waals surface area contributed by atoms with Crippen LogP contribution in [0, 0.1) is 6.92 Å². The van der Waals surface area contributed by atoms with Gasteiger partial charge < -0.3 is 15.8 Å². The Morgan fingerprint density at radius 1 is 1.24 bits per heavy atom. The van der Waals surface area contributed by atoms with Crippen LogP contribution < -0.4 is 15.8 Å². The summed E-state index contributed by atoms with van der Waals surface area (Å²) in [6, 6.07) is 13.0. The topological polar surface area (TPSA) is 64.3 Å². The summed E-state index contributed by atoms with van der Waals surface area (Å²) >= 11 is 0. The monoisotopic (exact) mass is 284 g/mol. The smallest absolute Gasteiger partial charge is 0.253 e. The Morgan fingerprint density at radius 2 is 2.00 bits per heavy atom. The maximum Gasteiger partial charge on any atom is 0.253 e. The highest BCUT2D eigenvalue weighted by Crippen LogP contribution is 2.21. The first-order valence-corrected chi connectivity index (χ1v) is 6.82. The van der Waals surface area contributed by atoms with Crippen LogP contribution in [-0.4, -0.2) is 13.0 Å². The molecule has 0 saturated heterocycles. The molecule has 0 heterocycles. The largest absolute Gasteiger partial charge is 0.497 e. The van der Waals surface area contributed by atoms with Gasteiger partial charge >= 0.3 is 0 Å². The molecule has 0 aliphatic rings. The number of methoxy groups -OCH3 is 1. The summed E-state index contributed by atoms with van der Waals surface area (Å²) in [5, 5.41) is 2.96. The number of anilines is 1. The molecule has 2 aromatic rings. The zero-order valence-corrected chi connectivity index (χ0v) is 12.5. The summed E-state index contributed by atoms with van der Waals surface area (Å²) in [7, 11) is 1.56. The fourth-order valence-corrected chi connectivity index (χ4v) is 2.16. The molecule has 110 valence electrons. The van der Waals surface area contributed by atoms with E-state index in [2.05, 4.69) is 11.4 Å². The molecular weight excluding hydrogens is 264 g/mol. The van der Waals surface area contributed by atoms with Crippen molar-refractivity contribution in [1.29, 1.82) is 0 Å². The first kappa shape index (κ1) is 14.9. The minimum Gasteiger partial charge on any atom is -0.497 e. The SMILES string of the molecule is COc1ccc(N)c(C(=O)N[C@H](C)c2cccc(C)c2)c1. The molecule has 4 heteroatoms. The quantitative estimate of drug-likeness (QED) is 0.848. The molecule has 0 aromatic heterocycles. The summed E-state index contributed by atoms with van der Waals surface area (Å²) in [6.45, 7) is 3.97. The number of benzene rings is 2. The molecule has 4 nitrogen and oxygen atoms in total. The van der Waals surface area contributed by atoms with Crippen LogP contribution in [0.25, 0.3) is 0 Å². The Labute approximate surface area is 124 Å². The molecule has 0 aliphatic carbocycles. The van der Waals surface area contributed by atoms with Gasteiger partial charge in [-0.05, 0) is 37.6 Å². The lowest BCUT2D eigenvalue weighted by atomic mass is 10.0. The maximum absolute atomic E-state index is 12.4. The van der Waals surface area contributed by atoms with E-state index in [0.717, 1.165) is 11.1 Å². The summed E-state index contributed by atoms with van der Waals surface area (Å²) in [5.41, 5.74) is 8.95. The number of nitrogen functional groups attached to an aromatic ring is 1. The normalized spacial score (nSPS) is 11.8. The molecule has 0 radical (unpaired) electrons. The highest BCUT2D eigenvalue weighted by molar-refractivity contribution is 5.99. The number of carbonyl (C=O) groups excluding carboxylic acids is 1. The van der Waals surface area contributed by atoms with Gasteiger partial charge in [0.25, 0.3) is 5.91 Å². The van der Waals surface area contributed by atoms with Crippen LogP contribution in [0.15, 0.2) is 42.5 Å².